The van der Waals surface area contributed by atoms with Crippen molar-refractivity contribution in [1.82, 2.24) is 0 Å². The molecule has 0 heterocycles. The first-order valence-electron chi connectivity index (χ1n) is 12.4. The van der Waals surface area contributed by atoms with Crippen molar-refractivity contribution in [2.45, 2.75) is 96.8 Å². The van der Waals surface area contributed by atoms with E-state index in [4.69, 9.17) is 4.74 Å². The number of carbonyl (C=O) groups excluding carboxylic acids is 1. The molecule has 1 saturated carbocycles. The van der Waals surface area contributed by atoms with E-state index in [0.29, 0.717) is 25.1 Å². The first kappa shape index (κ1) is 25.2. The maximum absolute atomic E-state index is 12.6. The number of carbonyl (C=O) groups is 2. The molecule has 1 aromatic carbocycles. The monoisotopic (exact) mass is 431 g/mol. The molecule has 0 aliphatic heterocycles. The summed E-state index contributed by atoms with van der Waals surface area (Å²) in [4.78, 5) is 24.1. The highest BCUT2D eigenvalue weighted by atomic mass is 16.5. The summed E-state index contributed by atoms with van der Waals surface area (Å²) in [5, 5.41) is 12.3. The number of anilines is 1. The maximum atomic E-state index is 12.6. The van der Waals surface area contributed by atoms with E-state index >= 15 is 0 Å². The molecule has 2 N–H and O–H groups in total. The summed E-state index contributed by atoms with van der Waals surface area (Å²) in [6.45, 7) is 2.93. The van der Waals surface area contributed by atoms with Crippen LogP contribution in [0, 0.1) is 11.8 Å². The molecule has 0 radical (unpaired) electrons. The summed E-state index contributed by atoms with van der Waals surface area (Å²) < 4.78 is 5.86. The minimum absolute atomic E-state index is 0.195. The van der Waals surface area contributed by atoms with Crippen LogP contribution in [0.1, 0.15) is 96.8 Å². The van der Waals surface area contributed by atoms with Crippen molar-refractivity contribution in [1.29, 1.82) is 0 Å². The second-order valence-corrected chi connectivity index (χ2v) is 8.88. The van der Waals surface area contributed by atoms with Crippen LogP contribution < -0.4 is 10.1 Å². The Labute approximate surface area is 188 Å². The lowest BCUT2D eigenvalue weighted by atomic mass is 9.78. The largest absolute Gasteiger partial charge is 0.494 e. The molecule has 5 nitrogen and oxygen atoms in total. The Kier molecular flexibility index (Phi) is 12.1. The molecule has 0 spiro atoms. The van der Waals surface area contributed by atoms with E-state index in [1.54, 1.807) is 0 Å². The van der Waals surface area contributed by atoms with Gasteiger partial charge in [-0.2, -0.15) is 0 Å². The molecule has 0 aromatic heterocycles. The van der Waals surface area contributed by atoms with Gasteiger partial charge < -0.3 is 15.2 Å². The first-order chi connectivity index (χ1) is 15.1. The third kappa shape index (κ3) is 9.75. The van der Waals surface area contributed by atoms with Crippen LogP contribution in [0.3, 0.4) is 0 Å². The minimum Gasteiger partial charge on any atom is -0.494 e. The second kappa shape index (κ2) is 14.9. The Morgan fingerprint density at radius 1 is 0.935 bits per heavy atom. The summed E-state index contributed by atoms with van der Waals surface area (Å²) in [7, 11) is 0. The number of carboxylic acid groups (broad SMARTS) is 1. The number of ether oxygens (including phenoxy) is 1. The molecule has 2 rings (SSSR count). The number of hydrogen-bond acceptors (Lipinski definition) is 3. The Balaban J connectivity index is 1.64. The molecule has 5 heteroatoms. The summed E-state index contributed by atoms with van der Waals surface area (Å²) in [5.74, 6) is -1.36. The van der Waals surface area contributed by atoms with Gasteiger partial charge in [-0.1, -0.05) is 83.6 Å². The molecule has 1 aliphatic rings. The molecule has 1 aromatic rings. The van der Waals surface area contributed by atoms with Crippen molar-refractivity contribution < 1.29 is 19.4 Å². The van der Waals surface area contributed by atoms with E-state index in [1.807, 2.05) is 24.3 Å². The van der Waals surface area contributed by atoms with Crippen LogP contribution in [0.4, 0.5) is 5.69 Å². The van der Waals surface area contributed by atoms with Crippen molar-refractivity contribution in [3.05, 3.63) is 24.3 Å². The van der Waals surface area contributed by atoms with Gasteiger partial charge in [0.05, 0.1) is 18.4 Å². The fourth-order valence-electron chi connectivity index (χ4n) is 4.42. The molecule has 174 valence electrons. The SMILES string of the molecule is CCCCCCCCCCCCOc1cccc(NC(=O)C2CCCCC2C(=O)O)c1. The quantitative estimate of drug-likeness (QED) is 0.299. The number of benzene rings is 1. The van der Waals surface area contributed by atoms with Gasteiger partial charge >= 0.3 is 5.97 Å². The lowest BCUT2D eigenvalue weighted by molar-refractivity contribution is -0.147. The standard InChI is InChI=1S/C26H41NO4/c1-2-3-4-5-6-7-8-9-10-13-19-31-22-16-14-15-21(20-22)27-25(28)23-17-11-12-18-24(23)26(29)30/h14-16,20,23-24H,2-13,17-19H2,1H3,(H,27,28)(H,29,30). The number of aliphatic carboxylic acids is 1. The number of unbranched alkanes of at least 4 members (excludes halogenated alkanes) is 9. The van der Waals surface area contributed by atoms with E-state index in [-0.39, 0.29) is 5.91 Å². The number of hydrogen-bond donors (Lipinski definition) is 2. The molecule has 1 fully saturated rings. The molecule has 1 aliphatic carbocycles. The van der Waals surface area contributed by atoms with Gasteiger partial charge in [-0.05, 0) is 31.4 Å². The van der Waals surface area contributed by atoms with Crippen molar-refractivity contribution >= 4 is 17.6 Å². The second-order valence-electron chi connectivity index (χ2n) is 8.88. The normalized spacial score (nSPS) is 18.5. The van der Waals surface area contributed by atoms with Crippen molar-refractivity contribution in [2.75, 3.05) is 11.9 Å². The molecule has 31 heavy (non-hydrogen) atoms. The molecule has 1 amide bonds. The van der Waals surface area contributed by atoms with Crippen LogP contribution in [0.2, 0.25) is 0 Å². The third-order valence-electron chi connectivity index (χ3n) is 6.29. The lowest BCUT2D eigenvalue weighted by Gasteiger charge is -2.27. The zero-order valence-corrected chi connectivity index (χ0v) is 19.2. The molecule has 2 atom stereocenters. The highest BCUT2D eigenvalue weighted by molar-refractivity contribution is 5.95. The van der Waals surface area contributed by atoms with Crippen molar-refractivity contribution in [3.63, 3.8) is 0 Å². The van der Waals surface area contributed by atoms with E-state index in [0.717, 1.165) is 25.0 Å². The topological polar surface area (TPSA) is 75.6 Å². The van der Waals surface area contributed by atoms with E-state index in [1.165, 1.54) is 57.8 Å². The maximum Gasteiger partial charge on any atom is 0.307 e. The highest BCUT2D eigenvalue weighted by Gasteiger charge is 2.35. The van der Waals surface area contributed by atoms with E-state index < -0.39 is 17.8 Å². The van der Waals surface area contributed by atoms with Gasteiger partial charge in [0.25, 0.3) is 0 Å². The predicted octanol–water partition coefficient (Wildman–Crippen LogP) is 6.82. The van der Waals surface area contributed by atoms with Crippen LogP contribution in [0.5, 0.6) is 5.75 Å². The van der Waals surface area contributed by atoms with Gasteiger partial charge in [-0.25, -0.2) is 0 Å². The number of carboxylic acids is 1. The van der Waals surface area contributed by atoms with Gasteiger partial charge in [-0.15, -0.1) is 0 Å². The lowest BCUT2D eigenvalue weighted by Crippen LogP contribution is -2.36. The minimum atomic E-state index is -0.867. The van der Waals surface area contributed by atoms with Crippen molar-refractivity contribution in [3.8, 4) is 5.75 Å². The zero-order chi connectivity index (χ0) is 22.3. The van der Waals surface area contributed by atoms with Gasteiger partial charge in [-0.3, -0.25) is 9.59 Å². The van der Waals surface area contributed by atoms with Crippen LogP contribution in [-0.4, -0.2) is 23.6 Å². The molecule has 0 saturated heterocycles. The average Bonchev–Trinajstić information content (AvgIpc) is 2.77. The molecular weight excluding hydrogens is 390 g/mol. The Morgan fingerprint density at radius 2 is 1.55 bits per heavy atom. The van der Waals surface area contributed by atoms with Crippen LogP contribution >= 0.6 is 0 Å². The number of rotatable bonds is 15. The Hall–Kier alpha value is -2.04. The molecular formula is C26H41NO4. The molecule has 2 unspecified atom stereocenters. The van der Waals surface area contributed by atoms with Crippen molar-refractivity contribution in [2.24, 2.45) is 11.8 Å². The van der Waals surface area contributed by atoms with Gasteiger partial charge in [0.2, 0.25) is 5.91 Å². The van der Waals surface area contributed by atoms with Gasteiger partial charge in [0.1, 0.15) is 5.75 Å². The summed E-state index contributed by atoms with van der Waals surface area (Å²) in [6, 6.07) is 7.41. The van der Waals surface area contributed by atoms with Crippen LogP contribution in [0.15, 0.2) is 24.3 Å². The fourth-order valence-corrected chi connectivity index (χ4v) is 4.42. The summed E-state index contributed by atoms with van der Waals surface area (Å²) >= 11 is 0. The predicted molar refractivity (Wildman–Crippen MR) is 125 cm³/mol. The van der Waals surface area contributed by atoms with Gasteiger partial charge in [0.15, 0.2) is 0 Å². The Morgan fingerprint density at radius 3 is 2.19 bits per heavy atom. The smallest absolute Gasteiger partial charge is 0.307 e. The summed E-state index contributed by atoms with van der Waals surface area (Å²) in [6.07, 6.45) is 15.9. The third-order valence-corrected chi connectivity index (χ3v) is 6.29. The number of amides is 1. The molecule has 0 bridgehead atoms. The summed E-state index contributed by atoms with van der Waals surface area (Å²) in [5.41, 5.74) is 0.667. The highest BCUT2D eigenvalue weighted by Crippen LogP contribution is 2.31. The van der Waals surface area contributed by atoms with E-state index in [2.05, 4.69) is 12.2 Å². The van der Waals surface area contributed by atoms with E-state index in [9.17, 15) is 14.7 Å². The van der Waals surface area contributed by atoms with Crippen LogP contribution in [0.25, 0.3) is 0 Å². The van der Waals surface area contributed by atoms with Crippen LogP contribution in [-0.2, 0) is 9.59 Å². The first-order valence-corrected chi connectivity index (χ1v) is 12.4. The average molecular weight is 432 g/mol. The van der Waals surface area contributed by atoms with Gasteiger partial charge in [0, 0.05) is 11.8 Å². The number of nitrogens with one attached hydrogen (secondary N) is 1. The zero-order valence-electron chi connectivity index (χ0n) is 19.2. The Bertz CT molecular complexity index is 661. The fraction of sp³-hybridized carbons (Fsp3) is 0.692.